The second-order valence-corrected chi connectivity index (χ2v) is 6.06. The van der Waals surface area contributed by atoms with Crippen molar-refractivity contribution in [2.24, 2.45) is 0 Å². The Bertz CT molecular complexity index is 645. The Morgan fingerprint density at radius 3 is 3.00 bits per heavy atom. The van der Waals surface area contributed by atoms with Gasteiger partial charge in [-0.05, 0) is 32.4 Å². The number of carbonyl (C=O) groups is 1. The molecule has 7 nitrogen and oxygen atoms in total. The molecule has 2 atom stereocenters. The molecule has 0 aromatic carbocycles. The van der Waals surface area contributed by atoms with Crippen LogP contribution in [0.15, 0.2) is 22.9 Å². The first-order chi connectivity index (χ1) is 11.0. The summed E-state index contributed by atoms with van der Waals surface area (Å²) in [5.74, 6) is 0.636. The number of rotatable bonds is 4. The van der Waals surface area contributed by atoms with Gasteiger partial charge in [0.25, 0.3) is 5.91 Å². The van der Waals surface area contributed by atoms with Gasteiger partial charge in [0.15, 0.2) is 0 Å². The van der Waals surface area contributed by atoms with Gasteiger partial charge >= 0.3 is 0 Å². The van der Waals surface area contributed by atoms with Crippen molar-refractivity contribution < 1.29 is 14.4 Å². The van der Waals surface area contributed by atoms with Crippen LogP contribution in [0, 0.1) is 13.8 Å². The molecule has 23 heavy (non-hydrogen) atoms. The molecule has 0 spiro atoms. The Labute approximate surface area is 134 Å². The third-order valence-electron chi connectivity index (χ3n) is 4.39. The number of amides is 1. The van der Waals surface area contributed by atoms with Gasteiger partial charge in [-0.25, -0.2) is 0 Å². The van der Waals surface area contributed by atoms with Crippen molar-refractivity contribution in [1.29, 1.82) is 0 Å². The number of carbonyl (C=O) groups excluding carboxylic acids is 1. The molecule has 3 N–H and O–H groups in total. The number of H-pyrrole nitrogens is 1. The highest BCUT2D eigenvalue weighted by atomic mass is 16.5. The van der Waals surface area contributed by atoms with Crippen LogP contribution in [-0.4, -0.2) is 51.3 Å². The number of nitrogens with zero attached hydrogens (tertiary/aromatic N) is 2. The Morgan fingerprint density at radius 1 is 1.57 bits per heavy atom. The lowest BCUT2D eigenvalue weighted by molar-refractivity contribution is 0.0346. The van der Waals surface area contributed by atoms with Crippen LogP contribution in [0.5, 0.6) is 0 Å². The van der Waals surface area contributed by atoms with Crippen LogP contribution in [0.25, 0.3) is 0 Å². The Balaban J connectivity index is 1.56. The normalized spacial score (nSPS) is 22.2. The molecular formula is C16H22N4O3. The first-order valence-corrected chi connectivity index (χ1v) is 7.81. The summed E-state index contributed by atoms with van der Waals surface area (Å²) in [6.45, 7) is 5.84. The van der Waals surface area contributed by atoms with E-state index in [4.69, 9.17) is 4.52 Å². The topological polar surface area (TPSA) is 94.4 Å². The lowest BCUT2D eigenvalue weighted by Crippen LogP contribution is -2.53. The number of hydrogen-bond acceptors (Lipinski definition) is 5. The minimum absolute atomic E-state index is 0.182. The van der Waals surface area contributed by atoms with Crippen molar-refractivity contribution in [1.82, 2.24) is 20.4 Å². The fourth-order valence-corrected chi connectivity index (χ4v) is 2.98. The molecule has 3 rings (SSSR count). The van der Waals surface area contributed by atoms with Crippen LogP contribution in [0.3, 0.4) is 0 Å². The standard InChI is InChI=1S/C16H22N4O3/c1-10-12(11(2)23-19-10)8-20-7-5-13(15(21)9-20)18-16(22)14-4-3-6-17-14/h3-4,6,13,15,17,21H,5,7-9H2,1-2H3,(H,18,22)/t13-,15-/m1/s1. The number of likely N-dealkylation sites (tertiary alicyclic amines) is 1. The van der Waals surface area contributed by atoms with Gasteiger partial charge in [0.05, 0.1) is 17.8 Å². The van der Waals surface area contributed by atoms with Gasteiger partial charge in [-0.1, -0.05) is 5.16 Å². The van der Waals surface area contributed by atoms with Crippen molar-refractivity contribution >= 4 is 5.91 Å². The lowest BCUT2D eigenvalue weighted by Gasteiger charge is -2.36. The zero-order valence-corrected chi connectivity index (χ0v) is 13.4. The van der Waals surface area contributed by atoms with E-state index in [1.165, 1.54) is 0 Å². The molecule has 124 valence electrons. The van der Waals surface area contributed by atoms with Crippen molar-refractivity contribution in [2.45, 2.75) is 39.0 Å². The minimum Gasteiger partial charge on any atom is -0.390 e. The molecule has 3 heterocycles. The van der Waals surface area contributed by atoms with Crippen LogP contribution in [0.2, 0.25) is 0 Å². The third-order valence-corrected chi connectivity index (χ3v) is 4.39. The average molecular weight is 318 g/mol. The lowest BCUT2D eigenvalue weighted by atomic mass is 10.0. The SMILES string of the molecule is Cc1noc(C)c1CN1CC[C@@H](NC(=O)c2ccc[nH]2)[C@H](O)C1. The zero-order valence-electron chi connectivity index (χ0n) is 13.4. The van der Waals surface area contributed by atoms with Crippen molar-refractivity contribution in [3.63, 3.8) is 0 Å². The Hall–Kier alpha value is -2.12. The molecule has 1 saturated heterocycles. The summed E-state index contributed by atoms with van der Waals surface area (Å²) in [7, 11) is 0. The molecule has 2 aromatic rings. The number of nitrogens with one attached hydrogen (secondary N) is 2. The first kappa shape index (κ1) is 15.8. The molecule has 0 unspecified atom stereocenters. The molecule has 1 fully saturated rings. The molecule has 0 bridgehead atoms. The third kappa shape index (κ3) is 3.46. The summed E-state index contributed by atoms with van der Waals surface area (Å²) < 4.78 is 5.18. The van der Waals surface area contributed by atoms with E-state index < -0.39 is 6.10 Å². The van der Waals surface area contributed by atoms with E-state index in [9.17, 15) is 9.90 Å². The van der Waals surface area contributed by atoms with E-state index in [1.54, 1.807) is 18.3 Å². The van der Waals surface area contributed by atoms with Gasteiger partial charge < -0.3 is 19.9 Å². The fraction of sp³-hybridized carbons (Fsp3) is 0.500. The van der Waals surface area contributed by atoms with Crippen LogP contribution >= 0.6 is 0 Å². The maximum atomic E-state index is 12.1. The maximum absolute atomic E-state index is 12.1. The maximum Gasteiger partial charge on any atom is 0.267 e. The number of aromatic nitrogens is 2. The summed E-state index contributed by atoms with van der Waals surface area (Å²) in [5.41, 5.74) is 2.47. The summed E-state index contributed by atoms with van der Waals surface area (Å²) in [6.07, 6.45) is 1.82. The summed E-state index contributed by atoms with van der Waals surface area (Å²) in [5, 5.41) is 17.2. The summed E-state index contributed by atoms with van der Waals surface area (Å²) >= 11 is 0. The molecule has 0 aliphatic carbocycles. The predicted molar refractivity (Wildman–Crippen MR) is 83.9 cm³/mol. The average Bonchev–Trinajstić information content (AvgIpc) is 3.15. The summed E-state index contributed by atoms with van der Waals surface area (Å²) in [4.78, 5) is 17.1. The number of piperidine rings is 1. The minimum atomic E-state index is -0.594. The number of aliphatic hydroxyl groups excluding tert-OH is 1. The van der Waals surface area contributed by atoms with Gasteiger partial charge in [0.1, 0.15) is 11.5 Å². The molecule has 0 saturated carbocycles. The van der Waals surface area contributed by atoms with Crippen LogP contribution in [0.1, 0.15) is 33.9 Å². The second-order valence-electron chi connectivity index (χ2n) is 6.06. The van der Waals surface area contributed by atoms with Crippen LogP contribution < -0.4 is 5.32 Å². The first-order valence-electron chi connectivity index (χ1n) is 7.81. The quantitative estimate of drug-likeness (QED) is 0.781. The Morgan fingerprint density at radius 2 is 2.39 bits per heavy atom. The highest BCUT2D eigenvalue weighted by Gasteiger charge is 2.30. The second kappa shape index (κ2) is 6.55. The fourth-order valence-electron chi connectivity index (χ4n) is 2.98. The molecule has 2 aromatic heterocycles. The van der Waals surface area contributed by atoms with Crippen molar-refractivity contribution in [2.75, 3.05) is 13.1 Å². The van der Waals surface area contributed by atoms with E-state index in [0.717, 1.165) is 23.6 Å². The van der Waals surface area contributed by atoms with Gasteiger partial charge in [-0.2, -0.15) is 0 Å². The number of hydrogen-bond donors (Lipinski definition) is 3. The van der Waals surface area contributed by atoms with Crippen LogP contribution in [-0.2, 0) is 6.54 Å². The largest absolute Gasteiger partial charge is 0.390 e. The van der Waals surface area contributed by atoms with Gasteiger partial charge in [0, 0.05) is 31.4 Å². The van der Waals surface area contributed by atoms with Crippen molar-refractivity contribution in [3.8, 4) is 0 Å². The molecular weight excluding hydrogens is 296 g/mol. The van der Waals surface area contributed by atoms with Gasteiger partial charge in [-0.15, -0.1) is 0 Å². The van der Waals surface area contributed by atoms with E-state index >= 15 is 0 Å². The number of aliphatic hydroxyl groups is 1. The van der Waals surface area contributed by atoms with E-state index in [-0.39, 0.29) is 11.9 Å². The monoisotopic (exact) mass is 318 g/mol. The van der Waals surface area contributed by atoms with E-state index in [2.05, 4.69) is 20.4 Å². The summed E-state index contributed by atoms with van der Waals surface area (Å²) in [6, 6.07) is 3.26. The highest BCUT2D eigenvalue weighted by Crippen LogP contribution is 2.19. The molecule has 1 aliphatic rings. The highest BCUT2D eigenvalue weighted by molar-refractivity contribution is 5.92. The number of aromatic amines is 1. The van der Waals surface area contributed by atoms with Gasteiger partial charge in [0.2, 0.25) is 0 Å². The number of β-amino-alcohol motifs (C(OH)–C–C–N with tert-alkyl or cyclic N) is 1. The van der Waals surface area contributed by atoms with Gasteiger partial charge in [-0.3, -0.25) is 9.69 Å². The smallest absolute Gasteiger partial charge is 0.267 e. The van der Waals surface area contributed by atoms with E-state index in [1.807, 2.05) is 13.8 Å². The van der Waals surface area contributed by atoms with Crippen LogP contribution in [0.4, 0.5) is 0 Å². The molecule has 0 radical (unpaired) electrons. The van der Waals surface area contributed by atoms with E-state index in [0.29, 0.717) is 25.2 Å². The Kier molecular flexibility index (Phi) is 4.49. The molecule has 1 amide bonds. The molecule has 7 heteroatoms. The zero-order chi connectivity index (χ0) is 16.4. The number of aryl methyl sites for hydroxylation is 2. The molecule has 1 aliphatic heterocycles. The predicted octanol–water partition coefficient (Wildman–Crippen LogP) is 0.985. The van der Waals surface area contributed by atoms with Crippen molar-refractivity contribution in [3.05, 3.63) is 41.0 Å².